The van der Waals surface area contributed by atoms with Crippen molar-refractivity contribution in [2.75, 3.05) is 5.75 Å². The molecule has 0 saturated heterocycles. The average molecular weight is 264 g/mol. The smallest absolute Gasteiger partial charge is 0.0573 e. The van der Waals surface area contributed by atoms with Crippen LogP contribution in [-0.2, 0) is 0 Å². The summed E-state index contributed by atoms with van der Waals surface area (Å²) < 4.78 is 0. The molecular formula is C16H24OS. The van der Waals surface area contributed by atoms with Crippen LogP contribution in [0.5, 0.6) is 0 Å². The van der Waals surface area contributed by atoms with Crippen molar-refractivity contribution >= 4 is 11.8 Å². The molecule has 0 amide bonds. The fourth-order valence-corrected chi connectivity index (χ4v) is 3.96. The van der Waals surface area contributed by atoms with Crippen LogP contribution in [0, 0.1) is 17.8 Å². The van der Waals surface area contributed by atoms with Crippen molar-refractivity contribution in [2.24, 2.45) is 17.8 Å². The summed E-state index contributed by atoms with van der Waals surface area (Å²) in [6.07, 6.45) is 3.38. The zero-order chi connectivity index (χ0) is 13.0. The quantitative estimate of drug-likeness (QED) is 0.822. The molecule has 1 unspecified atom stereocenters. The molecule has 0 aliphatic heterocycles. The van der Waals surface area contributed by atoms with Gasteiger partial charge in [-0.25, -0.2) is 0 Å². The van der Waals surface area contributed by atoms with E-state index in [9.17, 15) is 5.11 Å². The van der Waals surface area contributed by atoms with E-state index in [1.165, 1.54) is 17.7 Å². The van der Waals surface area contributed by atoms with E-state index in [4.69, 9.17) is 0 Å². The first-order chi connectivity index (χ1) is 8.66. The molecule has 1 aliphatic carbocycles. The lowest BCUT2D eigenvalue weighted by Gasteiger charge is -2.35. The van der Waals surface area contributed by atoms with Gasteiger partial charge in [-0.1, -0.05) is 38.5 Å². The standard InChI is InChI=1S/C16H24OS/c1-12-8-9-15(16(17)10-12)13(2)11-18-14-6-4-3-5-7-14/h3-7,12-13,15-17H,8-11H2,1-2H3/t12-,13?,15+,16-/m1/s1. The Morgan fingerprint density at radius 1 is 1.28 bits per heavy atom. The molecule has 1 fully saturated rings. The molecule has 100 valence electrons. The average Bonchev–Trinajstić information content (AvgIpc) is 2.37. The van der Waals surface area contributed by atoms with Crippen LogP contribution in [-0.4, -0.2) is 17.0 Å². The second-order valence-corrected chi connectivity index (χ2v) is 6.84. The van der Waals surface area contributed by atoms with Crippen LogP contribution in [0.2, 0.25) is 0 Å². The molecule has 1 aromatic rings. The molecule has 1 aliphatic rings. The molecule has 4 atom stereocenters. The highest BCUT2D eigenvalue weighted by molar-refractivity contribution is 7.99. The van der Waals surface area contributed by atoms with Gasteiger partial charge >= 0.3 is 0 Å². The molecule has 0 aromatic heterocycles. The van der Waals surface area contributed by atoms with E-state index in [1.54, 1.807) is 0 Å². The minimum absolute atomic E-state index is 0.0832. The van der Waals surface area contributed by atoms with Gasteiger partial charge in [0.1, 0.15) is 0 Å². The van der Waals surface area contributed by atoms with Crippen molar-refractivity contribution in [1.82, 2.24) is 0 Å². The van der Waals surface area contributed by atoms with Crippen molar-refractivity contribution in [3.8, 4) is 0 Å². The van der Waals surface area contributed by atoms with Crippen LogP contribution in [0.15, 0.2) is 35.2 Å². The number of rotatable bonds is 4. The SMILES string of the molecule is CC(CSc1ccccc1)[C@@H]1CC[C@@H](C)C[C@H]1O. The monoisotopic (exact) mass is 264 g/mol. The molecule has 1 N–H and O–H groups in total. The minimum atomic E-state index is -0.0832. The van der Waals surface area contributed by atoms with Gasteiger partial charge < -0.3 is 5.11 Å². The van der Waals surface area contributed by atoms with Crippen LogP contribution in [0.1, 0.15) is 33.1 Å². The summed E-state index contributed by atoms with van der Waals surface area (Å²) in [4.78, 5) is 1.34. The third-order valence-corrected chi connectivity index (χ3v) is 5.42. The topological polar surface area (TPSA) is 20.2 Å². The minimum Gasteiger partial charge on any atom is -0.393 e. The fourth-order valence-electron chi connectivity index (χ4n) is 2.91. The molecule has 0 radical (unpaired) electrons. The van der Waals surface area contributed by atoms with E-state index in [1.807, 2.05) is 11.8 Å². The first-order valence-electron chi connectivity index (χ1n) is 7.02. The third kappa shape index (κ3) is 3.76. The van der Waals surface area contributed by atoms with E-state index >= 15 is 0 Å². The maximum Gasteiger partial charge on any atom is 0.0573 e. The van der Waals surface area contributed by atoms with Crippen LogP contribution in [0.4, 0.5) is 0 Å². The predicted molar refractivity (Wildman–Crippen MR) is 78.8 cm³/mol. The van der Waals surface area contributed by atoms with Crippen molar-refractivity contribution in [3.05, 3.63) is 30.3 Å². The van der Waals surface area contributed by atoms with E-state index in [0.717, 1.165) is 12.2 Å². The maximum atomic E-state index is 10.2. The summed E-state index contributed by atoms with van der Waals surface area (Å²) in [7, 11) is 0. The lowest BCUT2D eigenvalue weighted by Crippen LogP contribution is -2.33. The Bertz CT molecular complexity index is 351. The highest BCUT2D eigenvalue weighted by Crippen LogP contribution is 2.35. The Morgan fingerprint density at radius 2 is 2.00 bits per heavy atom. The molecule has 1 aromatic carbocycles. The maximum absolute atomic E-state index is 10.2. The van der Waals surface area contributed by atoms with Gasteiger partial charge in [0, 0.05) is 10.6 Å². The highest BCUT2D eigenvalue weighted by Gasteiger charge is 2.30. The second kappa shape index (κ2) is 6.63. The van der Waals surface area contributed by atoms with Crippen LogP contribution >= 0.6 is 11.8 Å². The molecule has 0 heterocycles. The Balaban J connectivity index is 1.82. The number of benzene rings is 1. The zero-order valence-electron chi connectivity index (χ0n) is 11.4. The van der Waals surface area contributed by atoms with Crippen LogP contribution in [0.25, 0.3) is 0 Å². The van der Waals surface area contributed by atoms with E-state index < -0.39 is 0 Å². The van der Waals surface area contributed by atoms with Gasteiger partial charge in [-0.2, -0.15) is 0 Å². The molecular weight excluding hydrogens is 240 g/mol. The number of aliphatic hydroxyl groups excluding tert-OH is 1. The molecule has 2 heteroatoms. The van der Waals surface area contributed by atoms with Gasteiger partial charge in [0.25, 0.3) is 0 Å². The van der Waals surface area contributed by atoms with Gasteiger partial charge in [0.05, 0.1) is 6.10 Å². The summed E-state index contributed by atoms with van der Waals surface area (Å²) in [6.45, 7) is 4.54. The fraction of sp³-hybridized carbons (Fsp3) is 0.625. The van der Waals surface area contributed by atoms with Gasteiger partial charge in [-0.05, 0) is 42.7 Å². The number of thioether (sulfide) groups is 1. The van der Waals surface area contributed by atoms with Gasteiger partial charge in [0.15, 0.2) is 0 Å². The Labute approximate surface area is 115 Å². The number of hydrogen-bond acceptors (Lipinski definition) is 2. The van der Waals surface area contributed by atoms with Crippen molar-refractivity contribution in [1.29, 1.82) is 0 Å². The van der Waals surface area contributed by atoms with Crippen molar-refractivity contribution < 1.29 is 5.11 Å². The summed E-state index contributed by atoms with van der Waals surface area (Å²) in [5, 5.41) is 10.2. The van der Waals surface area contributed by atoms with Crippen LogP contribution in [0.3, 0.4) is 0 Å². The normalized spacial score (nSPS) is 30.1. The predicted octanol–water partition coefficient (Wildman–Crippen LogP) is 4.21. The van der Waals surface area contributed by atoms with Gasteiger partial charge in [0.2, 0.25) is 0 Å². The molecule has 18 heavy (non-hydrogen) atoms. The van der Waals surface area contributed by atoms with Crippen molar-refractivity contribution in [3.63, 3.8) is 0 Å². The lowest BCUT2D eigenvalue weighted by atomic mass is 9.75. The summed E-state index contributed by atoms with van der Waals surface area (Å²) in [5.74, 6) is 2.90. The Hall–Kier alpha value is -0.470. The molecule has 2 rings (SSSR count). The largest absolute Gasteiger partial charge is 0.393 e. The van der Waals surface area contributed by atoms with Gasteiger partial charge in [-0.3, -0.25) is 0 Å². The number of hydrogen-bond donors (Lipinski definition) is 1. The Morgan fingerprint density at radius 3 is 2.67 bits per heavy atom. The third-order valence-electron chi connectivity index (χ3n) is 4.12. The lowest BCUT2D eigenvalue weighted by molar-refractivity contribution is 0.0275. The summed E-state index contributed by atoms with van der Waals surface area (Å²) in [5.41, 5.74) is 0. The first kappa shape index (κ1) is 14.0. The van der Waals surface area contributed by atoms with Crippen LogP contribution < -0.4 is 0 Å². The van der Waals surface area contributed by atoms with Crippen molar-refractivity contribution in [2.45, 2.75) is 44.1 Å². The zero-order valence-corrected chi connectivity index (χ0v) is 12.2. The van der Waals surface area contributed by atoms with E-state index in [2.05, 4.69) is 44.2 Å². The number of aliphatic hydroxyl groups is 1. The first-order valence-corrected chi connectivity index (χ1v) is 8.01. The molecule has 1 saturated carbocycles. The summed E-state index contributed by atoms with van der Waals surface area (Å²) in [6, 6.07) is 10.6. The molecule has 0 bridgehead atoms. The second-order valence-electron chi connectivity index (χ2n) is 5.75. The summed E-state index contributed by atoms with van der Waals surface area (Å²) >= 11 is 1.91. The Kier molecular flexibility index (Phi) is 5.13. The van der Waals surface area contributed by atoms with Gasteiger partial charge in [-0.15, -0.1) is 11.8 Å². The van der Waals surface area contributed by atoms with E-state index in [0.29, 0.717) is 17.8 Å². The van der Waals surface area contributed by atoms with E-state index in [-0.39, 0.29) is 6.10 Å². The molecule has 1 nitrogen and oxygen atoms in total. The highest BCUT2D eigenvalue weighted by atomic mass is 32.2. The molecule has 0 spiro atoms.